The third-order valence-corrected chi connectivity index (χ3v) is 2.91. The average molecular weight is 263 g/mol. The summed E-state index contributed by atoms with van der Waals surface area (Å²) in [5, 5.41) is 14.3. The minimum absolute atomic E-state index is 0.0103. The van der Waals surface area contributed by atoms with Gasteiger partial charge >= 0.3 is 0 Å². The fourth-order valence-corrected chi connectivity index (χ4v) is 1.70. The Kier molecular flexibility index (Phi) is 5.36. The SMILES string of the molecule is CC(C)(NC(=O)CCCc1ccccc1)/C(N)=N/O. The van der Waals surface area contributed by atoms with Gasteiger partial charge in [-0.1, -0.05) is 35.5 Å². The highest BCUT2D eigenvalue weighted by molar-refractivity contribution is 5.93. The van der Waals surface area contributed by atoms with Gasteiger partial charge < -0.3 is 16.3 Å². The van der Waals surface area contributed by atoms with Gasteiger partial charge in [0.2, 0.25) is 5.91 Å². The number of hydrogen-bond donors (Lipinski definition) is 3. The van der Waals surface area contributed by atoms with Crippen LogP contribution in [0.5, 0.6) is 0 Å². The molecule has 1 amide bonds. The number of nitrogens with one attached hydrogen (secondary N) is 1. The van der Waals surface area contributed by atoms with Gasteiger partial charge in [-0.2, -0.15) is 0 Å². The topological polar surface area (TPSA) is 87.7 Å². The molecule has 1 aromatic carbocycles. The molecule has 5 heteroatoms. The number of aryl methyl sites for hydroxylation is 1. The Bertz CT molecular complexity index is 441. The van der Waals surface area contributed by atoms with E-state index in [-0.39, 0.29) is 11.7 Å². The Labute approximate surface area is 113 Å². The van der Waals surface area contributed by atoms with Crippen LogP contribution in [0.15, 0.2) is 35.5 Å². The van der Waals surface area contributed by atoms with Crippen LogP contribution >= 0.6 is 0 Å². The van der Waals surface area contributed by atoms with E-state index in [2.05, 4.69) is 10.5 Å². The lowest BCUT2D eigenvalue weighted by Crippen LogP contribution is -2.53. The number of rotatable bonds is 6. The zero-order valence-electron chi connectivity index (χ0n) is 11.4. The second kappa shape index (κ2) is 6.78. The zero-order valence-corrected chi connectivity index (χ0v) is 11.4. The van der Waals surface area contributed by atoms with Gasteiger partial charge in [-0.15, -0.1) is 0 Å². The lowest BCUT2D eigenvalue weighted by molar-refractivity contribution is -0.122. The second-order valence-corrected chi connectivity index (χ2v) is 5.00. The Morgan fingerprint density at radius 2 is 2.00 bits per heavy atom. The van der Waals surface area contributed by atoms with Crippen LogP contribution in [-0.4, -0.2) is 22.5 Å². The summed E-state index contributed by atoms with van der Waals surface area (Å²) < 4.78 is 0. The Morgan fingerprint density at radius 3 is 2.58 bits per heavy atom. The van der Waals surface area contributed by atoms with Crippen molar-refractivity contribution < 1.29 is 10.0 Å². The monoisotopic (exact) mass is 263 g/mol. The van der Waals surface area contributed by atoms with Crippen molar-refractivity contribution in [2.45, 2.75) is 38.6 Å². The number of oxime groups is 1. The van der Waals surface area contributed by atoms with Crippen LogP contribution in [0, 0.1) is 0 Å². The molecule has 1 aromatic rings. The molecule has 5 nitrogen and oxygen atoms in total. The van der Waals surface area contributed by atoms with Crippen molar-refractivity contribution in [3.63, 3.8) is 0 Å². The summed E-state index contributed by atoms with van der Waals surface area (Å²) in [5.74, 6) is -0.114. The van der Waals surface area contributed by atoms with E-state index in [1.165, 1.54) is 5.56 Å². The summed E-state index contributed by atoms with van der Waals surface area (Å²) in [6.45, 7) is 3.38. The molecule has 0 atom stereocenters. The van der Waals surface area contributed by atoms with Gasteiger partial charge in [0, 0.05) is 6.42 Å². The fraction of sp³-hybridized carbons (Fsp3) is 0.429. The van der Waals surface area contributed by atoms with E-state index in [9.17, 15) is 4.79 Å². The maximum Gasteiger partial charge on any atom is 0.220 e. The molecule has 0 aliphatic rings. The molecule has 0 radical (unpaired) electrons. The van der Waals surface area contributed by atoms with E-state index in [4.69, 9.17) is 10.9 Å². The summed E-state index contributed by atoms with van der Waals surface area (Å²) in [5.41, 5.74) is 5.88. The van der Waals surface area contributed by atoms with E-state index in [0.29, 0.717) is 6.42 Å². The van der Waals surface area contributed by atoms with Crippen LogP contribution in [0.4, 0.5) is 0 Å². The van der Waals surface area contributed by atoms with Gasteiger partial charge in [-0.05, 0) is 32.3 Å². The molecule has 0 aliphatic carbocycles. The van der Waals surface area contributed by atoms with Gasteiger partial charge in [-0.3, -0.25) is 4.79 Å². The number of nitrogens with zero attached hydrogens (tertiary/aromatic N) is 1. The van der Waals surface area contributed by atoms with Crippen LogP contribution in [0.2, 0.25) is 0 Å². The first-order valence-corrected chi connectivity index (χ1v) is 6.28. The van der Waals surface area contributed by atoms with Crippen molar-refractivity contribution in [2.75, 3.05) is 0 Å². The molecule has 0 bridgehead atoms. The van der Waals surface area contributed by atoms with Crippen LogP contribution < -0.4 is 11.1 Å². The molecule has 104 valence electrons. The number of hydrogen-bond acceptors (Lipinski definition) is 3. The van der Waals surface area contributed by atoms with Crippen molar-refractivity contribution in [1.29, 1.82) is 0 Å². The van der Waals surface area contributed by atoms with Crippen LogP contribution in [0.25, 0.3) is 0 Å². The van der Waals surface area contributed by atoms with Crippen molar-refractivity contribution in [1.82, 2.24) is 5.32 Å². The second-order valence-electron chi connectivity index (χ2n) is 5.00. The molecule has 0 saturated carbocycles. The third-order valence-electron chi connectivity index (χ3n) is 2.91. The minimum atomic E-state index is -0.835. The standard InChI is InChI=1S/C14H21N3O2/c1-14(2,13(15)17-19)16-12(18)10-6-9-11-7-4-3-5-8-11/h3-5,7-8,19H,6,9-10H2,1-2H3,(H2,15,17)(H,16,18). The molecule has 4 N–H and O–H groups in total. The molecule has 0 heterocycles. The molecule has 0 spiro atoms. The molecule has 19 heavy (non-hydrogen) atoms. The van der Waals surface area contributed by atoms with Crippen molar-refractivity contribution >= 4 is 11.7 Å². The lowest BCUT2D eigenvalue weighted by Gasteiger charge is -2.24. The Morgan fingerprint density at radius 1 is 1.37 bits per heavy atom. The van der Waals surface area contributed by atoms with Gasteiger partial charge in [0.15, 0.2) is 5.84 Å². The van der Waals surface area contributed by atoms with Gasteiger partial charge in [0.25, 0.3) is 0 Å². The van der Waals surface area contributed by atoms with E-state index < -0.39 is 5.54 Å². The first-order chi connectivity index (χ1) is 8.95. The number of carbonyl (C=O) groups excluding carboxylic acids is 1. The van der Waals surface area contributed by atoms with E-state index in [0.717, 1.165) is 12.8 Å². The number of nitrogens with two attached hydrogens (primary N) is 1. The number of amidine groups is 1. The highest BCUT2D eigenvalue weighted by atomic mass is 16.4. The van der Waals surface area contributed by atoms with Crippen molar-refractivity contribution in [2.24, 2.45) is 10.9 Å². The molecule has 0 unspecified atom stereocenters. The molecular weight excluding hydrogens is 242 g/mol. The van der Waals surface area contributed by atoms with E-state index >= 15 is 0 Å². The fourth-order valence-electron chi connectivity index (χ4n) is 1.70. The molecule has 0 fully saturated rings. The van der Waals surface area contributed by atoms with Gasteiger partial charge in [-0.25, -0.2) is 0 Å². The van der Waals surface area contributed by atoms with Crippen LogP contribution in [-0.2, 0) is 11.2 Å². The van der Waals surface area contributed by atoms with Crippen molar-refractivity contribution in [3.8, 4) is 0 Å². The normalized spacial score (nSPS) is 12.2. The smallest absolute Gasteiger partial charge is 0.220 e. The number of amides is 1. The van der Waals surface area contributed by atoms with E-state index in [1.807, 2.05) is 30.3 Å². The minimum Gasteiger partial charge on any atom is -0.409 e. The summed E-state index contributed by atoms with van der Waals surface area (Å²) >= 11 is 0. The maximum absolute atomic E-state index is 11.8. The average Bonchev–Trinajstić information content (AvgIpc) is 2.38. The maximum atomic E-state index is 11.8. The predicted molar refractivity (Wildman–Crippen MR) is 75.0 cm³/mol. The van der Waals surface area contributed by atoms with Crippen LogP contribution in [0.3, 0.4) is 0 Å². The Balaban J connectivity index is 2.36. The molecule has 0 aliphatic heterocycles. The third kappa shape index (κ3) is 4.99. The zero-order chi connectivity index (χ0) is 14.3. The van der Waals surface area contributed by atoms with Gasteiger partial charge in [0.05, 0.1) is 5.54 Å². The highest BCUT2D eigenvalue weighted by Gasteiger charge is 2.25. The summed E-state index contributed by atoms with van der Waals surface area (Å²) in [6, 6.07) is 10.0. The largest absolute Gasteiger partial charge is 0.409 e. The number of benzene rings is 1. The molecule has 0 saturated heterocycles. The first kappa shape index (κ1) is 15.0. The molecule has 1 rings (SSSR count). The highest BCUT2D eigenvalue weighted by Crippen LogP contribution is 2.07. The quantitative estimate of drug-likeness (QED) is 0.315. The van der Waals surface area contributed by atoms with Crippen molar-refractivity contribution in [3.05, 3.63) is 35.9 Å². The molecular formula is C14H21N3O2. The van der Waals surface area contributed by atoms with Gasteiger partial charge in [0.1, 0.15) is 0 Å². The lowest BCUT2D eigenvalue weighted by atomic mass is 10.0. The summed E-state index contributed by atoms with van der Waals surface area (Å²) in [4.78, 5) is 11.8. The predicted octanol–water partition coefficient (Wildman–Crippen LogP) is 1.65. The van der Waals surface area contributed by atoms with E-state index in [1.54, 1.807) is 13.8 Å². The number of carbonyl (C=O) groups is 1. The summed E-state index contributed by atoms with van der Waals surface area (Å²) in [7, 11) is 0. The summed E-state index contributed by atoms with van der Waals surface area (Å²) in [6.07, 6.45) is 2.04. The Hall–Kier alpha value is -2.04. The molecule has 0 aromatic heterocycles. The first-order valence-electron chi connectivity index (χ1n) is 6.28. The van der Waals surface area contributed by atoms with Crippen LogP contribution in [0.1, 0.15) is 32.3 Å².